The van der Waals surface area contributed by atoms with E-state index in [0.717, 1.165) is 6.07 Å². The van der Waals surface area contributed by atoms with Crippen molar-refractivity contribution in [3.8, 4) is 11.1 Å². The number of rotatable bonds is 7. The van der Waals surface area contributed by atoms with Crippen molar-refractivity contribution in [2.45, 2.75) is 15.8 Å². The molecule has 2 aromatic rings. The van der Waals surface area contributed by atoms with E-state index in [9.17, 15) is 16.8 Å². The number of benzene rings is 1. The van der Waals surface area contributed by atoms with E-state index in [4.69, 9.17) is 22.3 Å². The second kappa shape index (κ2) is 8.16. The molecule has 0 saturated carbocycles. The van der Waals surface area contributed by atoms with Crippen molar-refractivity contribution < 1.29 is 16.8 Å². The molecule has 1 aromatic heterocycles. The molecule has 30 heavy (non-hydrogen) atoms. The minimum Gasteiger partial charge on any atom is -0.384 e. The molecular formula is C16H20N8O4S2. The minimum absolute atomic E-state index is 0.0339. The maximum Gasteiger partial charge on any atom is 0.240 e. The van der Waals surface area contributed by atoms with Gasteiger partial charge in [-0.15, -0.1) is 5.11 Å². The first-order valence-electron chi connectivity index (χ1n) is 8.57. The third kappa shape index (κ3) is 4.36. The summed E-state index contributed by atoms with van der Waals surface area (Å²) in [6.45, 7) is -0.138. The van der Waals surface area contributed by atoms with Crippen molar-refractivity contribution in [3.63, 3.8) is 0 Å². The van der Waals surface area contributed by atoms with Crippen molar-refractivity contribution in [2.24, 2.45) is 31.8 Å². The maximum atomic E-state index is 13.0. The molecule has 1 atom stereocenters. The van der Waals surface area contributed by atoms with Gasteiger partial charge in [0.25, 0.3) is 0 Å². The van der Waals surface area contributed by atoms with E-state index in [1.165, 1.54) is 18.3 Å². The zero-order chi connectivity index (χ0) is 22.1. The van der Waals surface area contributed by atoms with Crippen LogP contribution in [0, 0.1) is 0 Å². The lowest BCUT2D eigenvalue weighted by Gasteiger charge is -2.18. The molecule has 160 valence electrons. The van der Waals surface area contributed by atoms with Crippen LogP contribution in [-0.4, -0.2) is 52.7 Å². The van der Waals surface area contributed by atoms with Gasteiger partial charge in [-0.2, -0.15) is 5.11 Å². The third-order valence-electron chi connectivity index (χ3n) is 4.25. The fourth-order valence-corrected chi connectivity index (χ4v) is 6.02. The first-order chi connectivity index (χ1) is 14.0. The number of aliphatic imine (C=N–C) groups is 1. The lowest BCUT2D eigenvalue weighted by Crippen LogP contribution is -2.37. The highest BCUT2D eigenvalue weighted by Gasteiger charge is 2.33. The summed E-state index contributed by atoms with van der Waals surface area (Å²) < 4.78 is 51.0. The van der Waals surface area contributed by atoms with Crippen molar-refractivity contribution in [1.29, 1.82) is 0 Å². The molecule has 0 amide bonds. The van der Waals surface area contributed by atoms with Crippen LogP contribution in [0.4, 0.5) is 5.82 Å². The van der Waals surface area contributed by atoms with Crippen LogP contribution in [0.3, 0.4) is 0 Å². The molecule has 1 aliphatic heterocycles. The SMILES string of the molecule is NC[C@H](N)CS(=O)(=O)c1ccc(-c2ccc(N)nc2)c(C2=NCN=N2)c1S(N)(=O)=O. The number of amidine groups is 1. The van der Waals surface area contributed by atoms with Crippen LogP contribution >= 0.6 is 0 Å². The zero-order valence-corrected chi connectivity index (χ0v) is 17.3. The van der Waals surface area contributed by atoms with Gasteiger partial charge in [0.15, 0.2) is 22.3 Å². The number of sulfonamides is 1. The van der Waals surface area contributed by atoms with Crippen LogP contribution < -0.4 is 22.3 Å². The number of nitrogens with zero attached hydrogens (tertiary/aromatic N) is 4. The summed E-state index contributed by atoms with van der Waals surface area (Å²) in [5, 5.41) is 13.0. The maximum absolute atomic E-state index is 13.0. The van der Waals surface area contributed by atoms with Gasteiger partial charge in [0.2, 0.25) is 10.0 Å². The Morgan fingerprint density at radius 1 is 1.10 bits per heavy atom. The van der Waals surface area contributed by atoms with Gasteiger partial charge in [-0.05, 0) is 23.8 Å². The lowest BCUT2D eigenvalue weighted by atomic mass is 10.00. The number of nitrogens with two attached hydrogens (primary N) is 4. The average molecular weight is 453 g/mol. The Morgan fingerprint density at radius 2 is 1.83 bits per heavy atom. The molecule has 0 radical (unpaired) electrons. The summed E-state index contributed by atoms with van der Waals surface area (Å²) in [5.74, 6) is -0.381. The van der Waals surface area contributed by atoms with E-state index >= 15 is 0 Å². The molecule has 0 aliphatic carbocycles. The number of azo groups is 1. The van der Waals surface area contributed by atoms with Crippen molar-refractivity contribution in [2.75, 3.05) is 24.7 Å². The van der Waals surface area contributed by atoms with E-state index in [1.54, 1.807) is 6.07 Å². The molecule has 0 fully saturated rings. The van der Waals surface area contributed by atoms with E-state index in [1.807, 2.05) is 0 Å². The van der Waals surface area contributed by atoms with Crippen LogP contribution in [-0.2, 0) is 19.9 Å². The minimum atomic E-state index is -4.54. The largest absolute Gasteiger partial charge is 0.384 e. The second-order valence-electron chi connectivity index (χ2n) is 6.47. The Balaban J connectivity index is 2.39. The fourth-order valence-electron chi connectivity index (χ4n) is 2.92. The topological polar surface area (TPSA) is 222 Å². The van der Waals surface area contributed by atoms with Gasteiger partial charge >= 0.3 is 0 Å². The second-order valence-corrected chi connectivity index (χ2v) is 9.97. The van der Waals surface area contributed by atoms with Crippen LogP contribution in [0.15, 0.2) is 55.5 Å². The first kappa shape index (κ1) is 21.9. The molecule has 0 saturated heterocycles. The van der Waals surface area contributed by atoms with Gasteiger partial charge in [-0.3, -0.25) is 0 Å². The summed E-state index contributed by atoms with van der Waals surface area (Å²) >= 11 is 0. The number of hydrogen-bond donors (Lipinski definition) is 4. The molecule has 0 spiro atoms. The van der Waals surface area contributed by atoms with Crippen LogP contribution in [0.1, 0.15) is 5.56 Å². The molecule has 1 aromatic carbocycles. The normalized spacial score (nSPS) is 15.2. The average Bonchev–Trinajstić information content (AvgIpc) is 3.21. The van der Waals surface area contributed by atoms with Crippen LogP contribution in [0.25, 0.3) is 11.1 Å². The van der Waals surface area contributed by atoms with Crippen LogP contribution in [0.5, 0.6) is 0 Å². The molecule has 1 aliphatic rings. The highest BCUT2D eigenvalue weighted by Crippen LogP contribution is 2.35. The van der Waals surface area contributed by atoms with Gasteiger partial charge in [-0.25, -0.2) is 32.0 Å². The fraction of sp³-hybridized carbons (Fsp3) is 0.250. The third-order valence-corrected chi connectivity index (χ3v) is 7.25. The summed E-state index contributed by atoms with van der Waals surface area (Å²) in [6, 6.07) is 4.79. The lowest BCUT2D eigenvalue weighted by molar-refractivity contribution is 0.577. The standard InChI is InChI=1S/C16H20N8O4S2/c17-5-10(18)7-29(25,26)12-3-2-11(9-1-4-13(19)21-6-9)14(15(12)30(20,27)28)16-22-8-23-24-16/h1-4,6,10H,5,7-8,17-18H2,(H2,19,21)(H2,20,27,28)/t10-/m0/s1. The highest BCUT2D eigenvalue weighted by atomic mass is 32.2. The molecule has 12 nitrogen and oxygen atoms in total. The van der Waals surface area contributed by atoms with Gasteiger partial charge in [0, 0.05) is 24.3 Å². The Labute approximate surface area is 173 Å². The molecule has 14 heteroatoms. The predicted octanol–water partition coefficient (Wildman–Crippen LogP) is -0.792. The number of nitrogen functional groups attached to an aromatic ring is 1. The number of pyridine rings is 1. The summed E-state index contributed by atoms with van der Waals surface area (Å²) in [7, 11) is -8.71. The predicted molar refractivity (Wildman–Crippen MR) is 111 cm³/mol. The Morgan fingerprint density at radius 3 is 2.37 bits per heavy atom. The monoisotopic (exact) mass is 452 g/mol. The molecular weight excluding hydrogens is 432 g/mol. The van der Waals surface area contributed by atoms with Gasteiger partial charge in [0.1, 0.15) is 10.7 Å². The van der Waals surface area contributed by atoms with Gasteiger partial charge in [-0.1, -0.05) is 6.07 Å². The highest BCUT2D eigenvalue weighted by molar-refractivity contribution is 7.93. The Hall–Kier alpha value is -2.78. The molecule has 2 heterocycles. The number of hydrogen-bond acceptors (Lipinski definition) is 11. The molecule has 0 bridgehead atoms. The molecule has 3 rings (SSSR count). The van der Waals surface area contributed by atoms with Crippen LogP contribution in [0.2, 0.25) is 0 Å². The van der Waals surface area contributed by atoms with Gasteiger partial charge in [0.05, 0.1) is 16.2 Å². The number of primary sulfonamides is 1. The van der Waals surface area contributed by atoms with E-state index in [2.05, 4.69) is 20.2 Å². The van der Waals surface area contributed by atoms with E-state index in [-0.39, 0.29) is 30.4 Å². The Kier molecular flexibility index (Phi) is 5.96. The first-order valence-corrected chi connectivity index (χ1v) is 11.8. The zero-order valence-electron chi connectivity index (χ0n) is 15.6. The molecule has 0 unspecified atom stereocenters. The number of aromatic nitrogens is 1. The summed E-state index contributed by atoms with van der Waals surface area (Å²) in [5.41, 5.74) is 17.4. The molecule has 8 N–H and O–H groups in total. The summed E-state index contributed by atoms with van der Waals surface area (Å²) in [4.78, 5) is 6.90. The van der Waals surface area contributed by atoms with Gasteiger partial charge < -0.3 is 17.2 Å². The number of anilines is 1. The summed E-state index contributed by atoms with van der Waals surface area (Å²) in [6.07, 6.45) is 1.41. The van der Waals surface area contributed by atoms with Crippen molar-refractivity contribution in [1.82, 2.24) is 4.98 Å². The van der Waals surface area contributed by atoms with E-state index < -0.39 is 41.4 Å². The quantitative estimate of drug-likeness (QED) is 0.415. The smallest absolute Gasteiger partial charge is 0.240 e. The Bertz CT molecular complexity index is 1240. The van der Waals surface area contributed by atoms with Crippen molar-refractivity contribution >= 4 is 31.5 Å². The van der Waals surface area contributed by atoms with E-state index in [0.29, 0.717) is 11.1 Å². The van der Waals surface area contributed by atoms with Crippen molar-refractivity contribution in [3.05, 3.63) is 36.0 Å². The number of sulfone groups is 1.